The molecule has 1 rings (SSSR count). The van der Waals surface area contributed by atoms with Crippen LogP contribution in [0, 0.1) is 5.92 Å². The number of nitrogens with one attached hydrogen (secondary N) is 2. The van der Waals surface area contributed by atoms with Crippen LogP contribution in [0.5, 0.6) is 0 Å². The van der Waals surface area contributed by atoms with Crippen molar-refractivity contribution >= 4 is 17.6 Å². The first-order valence-corrected chi connectivity index (χ1v) is 5.93. The van der Waals surface area contributed by atoms with E-state index in [0.29, 0.717) is 23.7 Å². The molecule has 0 aliphatic heterocycles. The quantitative estimate of drug-likeness (QED) is 0.745. The number of rotatable bonds is 5. The smallest absolute Gasteiger partial charge is 0.316 e. The highest BCUT2D eigenvalue weighted by molar-refractivity contribution is 5.96. The van der Waals surface area contributed by atoms with Gasteiger partial charge in [-0.15, -0.1) is 0 Å². The largest absolute Gasteiger partial charge is 0.352 e. The first kappa shape index (κ1) is 14.0. The Bertz CT molecular complexity index is 430. The van der Waals surface area contributed by atoms with Gasteiger partial charge in [-0.3, -0.25) is 4.79 Å². The van der Waals surface area contributed by atoms with Crippen LogP contribution >= 0.6 is 0 Å². The molecule has 98 valence electrons. The Kier molecular flexibility index (Phi) is 5.17. The SMILES string of the molecule is CC(C)CCNC(=O)c1cccc(NC(N)=O)c1. The van der Waals surface area contributed by atoms with Gasteiger partial charge < -0.3 is 16.4 Å². The minimum absolute atomic E-state index is 0.149. The summed E-state index contributed by atoms with van der Waals surface area (Å²) in [5.41, 5.74) is 6.03. The van der Waals surface area contributed by atoms with Crippen LogP contribution in [0.1, 0.15) is 30.6 Å². The molecule has 0 atom stereocenters. The van der Waals surface area contributed by atoms with E-state index < -0.39 is 6.03 Å². The summed E-state index contributed by atoms with van der Waals surface area (Å²) >= 11 is 0. The molecule has 0 saturated heterocycles. The summed E-state index contributed by atoms with van der Waals surface area (Å²) in [7, 11) is 0. The van der Waals surface area contributed by atoms with Crippen molar-refractivity contribution in [2.75, 3.05) is 11.9 Å². The number of carbonyl (C=O) groups is 2. The number of urea groups is 1. The van der Waals surface area contributed by atoms with Crippen molar-refractivity contribution < 1.29 is 9.59 Å². The summed E-state index contributed by atoms with van der Waals surface area (Å²) in [6.45, 7) is 4.84. The number of hydrogen-bond donors (Lipinski definition) is 3. The fourth-order valence-corrected chi connectivity index (χ4v) is 1.46. The lowest BCUT2D eigenvalue weighted by Crippen LogP contribution is -2.25. The van der Waals surface area contributed by atoms with Crippen molar-refractivity contribution in [1.82, 2.24) is 5.32 Å². The van der Waals surface area contributed by atoms with Crippen molar-refractivity contribution in [3.63, 3.8) is 0 Å². The maximum absolute atomic E-state index is 11.8. The Balaban J connectivity index is 2.59. The molecule has 0 aliphatic carbocycles. The minimum Gasteiger partial charge on any atom is -0.352 e. The third-order valence-electron chi connectivity index (χ3n) is 2.40. The molecule has 0 aliphatic rings. The lowest BCUT2D eigenvalue weighted by molar-refractivity contribution is 0.0952. The second-order valence-electron chi connectivity index (χ2n) is 4.51. The summed E-state index contributed by atoms with van der Waals surface area (Å²) < 4.78 is 0. The molecule has 0 saturated carbocycles. The summed E-state index contributed by atoms with van der Waals surface area (Å²) in [6, 6.07) is 6.01. The molecule has 4 N–H and O–H groups in total. The van der Waals surface area contributed by atoms with Crippen LogP contribution in [0.3, 0.4) is 0 Å². The van der Waals surface area contributed by atoms with Crippen LogP contribution in [0.2, 0.25) is 0 Å². The second-order valence-corrected chi connectivity index (χ2v) is 4.51. The van der Waals surface area contributed by atoms with Gasteiger partial charge in [-0.05, 0) is 30.5 Å². The van der Waals surface area contributed by atoms with Gasteiger partial charge in [0, 0.05) is 17.8 Å². The second kappa shape index (κ2) is 6.64. The molecule has 0 heterocycles. The van der Waals surface area contributed by atoms with Gasteiger partial charge in [0.1, 0.15) is 0 Å². The standard InChI is InChI=1S/C13H19N3O2/c1-9(2)6-7-15-12(17)10-4-3-5-11(8-10)16-13(14)18/h3-5,8-9H,6-7H2,1-2H3,(H,15,17)(H3,14,16,18). The maximum atomic E-state index is 11.8. The lowest BCUT2D eigenvalue weighted by Gasteiger charge is -2.08. The van der Waals surface area contributed by atoms with E-state index >= 15 is 0 Å². The molecule has 1 aromatic carbocycles. The van der Waals surface area contributed by atoms with Crippen LogP contribution in [0.4, 0.5) is 10.5 Å². The van der Waals surface area contributed by atoms with E-state index in [9.17, 15) is 9.59 Å². The van der Waals surface area contributed by atoms with Crippen molar-refractivity contribution in [2.24, 2.45) is 11.7 Å². The van der Waals surface area contributed by atoms with Gasteiger partial charge in [0.05, 0.1) is 0 Å². The van der Waals surface area contributed by atoms with E-state index in [1.165, 1.54) is 0 Å². The van der Waals surface area contributed by atoms with Gasteiger partial charge in [-0.1, -0.05) is 19.9 Å². The lowest BCUT2D eigenvalue weighted by atomic mass is 10.1. The molecule has 1 aromatic rings. The Hall–Kier alpha value is -2.04. The molecule has 0 aromatic heterocycles. The number of anilines is 1. The van der Waals surface area contributed by atoms with Crippen LogP contribution in [0.15, 0.2) is 24.3 Å². The summed E-state index contributed by atoms with van der Waals surface area (Å²) in [5, 5.41) is 5.26. The van der Waals surface area contributed by atoms with E-state index in [1.54, 1.807) is 24.3 Å². The van der Waals surface area contributed by atoms with E-state index in [-0.39, 0.29) is 5.91 Å². The average molecular weight is 249 g/mol. The van der Waals surface area contributed by atoms with E-state index in [0.717, 1.165) is 6.42 Å². The summed E-state index contributed by atoms with van der Waals surface area (Å²) in [5.74, 6) is 0.400. The highest BCUT2D eigenvalue weighted by atomic mass is 16.2. The van der Waals surface area contributed by atoms with Gasteiger partial charge in [0.25, 0.3) is 5.91 Å². The molecule has 5 nitrogen and oxygen atoms in total. The molecule has 0 fully saturated rings. The number of carbonyl (C=O) groups excluding carboxylic acids is 2. The predicted octanol–water partition coefficient (Wildman–Crippen LogP) is 1.95. The van der Waals surface area contributed by atoms with Gasteiger partial charge in [-0.25, -0.2) is 4.79 Å². The van der Waals surface area contributed by atoms with Crippen molar-refractivity contribution in [3.8, 4) is 0 Å². The normalized spacial score (nSPS) is 10.2. The molecule has 5 heteroatoms. The number of amides is 3. The zero-order valence-corrected chi connectivity index (χ0v) is 10.7. The van der Waals surface area contributed by atoms with Crippen LogP contribution in [0.25, 0.3) is 0 Å². The van der Waals surface area contributed by atoms with Crippen molar-refractivity contribution in [1.29, 1.82) is 0 Å². The number of benzene rings is 1. The van der Waals surface area contributed by atoms with E-state index in [4.69, 9.17) is 5.73 Å². The number of nitrogens with two attached hydrogens (primary N) is 1. The number of hydrogen-bond acceptors (Lipinski definition) is 2. The minimum atomic E-state index is -0.646. The topological polar surface area (TPSA) is 84.2 Å². The van der Waals surface area contributed by atoms with Crippen LogP contribution in [-0.2, 0) is 0 Å². The Morgan fingerprint density at radius 1 is 1.33 bits per heavy atom. The van der Waals surface area contributed by atoms with Crippen LogP contribution < -0.4 is 16.4 Å². The van der Waals surface area contributed by atoms with Crippen molar-refractivity contribution in [2.45, 2.75) is 20.3 Å². The fraction of sp³-hybridized carbons (Fsp3) is 0.385. The van der Waals surface area contributed by atoms with Gasteiger partial charge in [0.2, 0.25) is 0 Å². The third-order valence-corrected chi connectivity index (χ3v) is 2.40. The Morgan fingerprint density at radius 2 is 2.06 bits per heavy atom. The summed E-state index contributed by atoms with van der Waals surface area (Å²) in [4.78, 5) is 22.5. The van der Waals surface area contributed by atoms with E-state index in [1.807, 2.05) is 0 Å². The Morgan fingerprint density at radius 3 is 2.67 bits per heavy atom. The average Bonchev–Trinajstić information content (AvgIpc) is 2.27. The third kappa shape index (κ3) is 4.86. The Labute approximate surface area is 107 Å². The molecule has 0 unspecified atom stereocenters. The summed E-state index contributed by atoms with van der Waals surface area (Å²) in [6.07, 6.45) is 0.935. The monoisotopic (exact) mass is 249 g/mol. The highest BCUT2D eigenvalue weighted by Gasteiger charge is 2.06. The highest BCUT2D eigenvalue weighted by Crippen LogP contribution is 2.10. The van der Waals surface area contributed by atoms with E-state index in [2.05, 4.69) is 24.5 Å². The van der Waals surface area contributed by atoms with Gasteiger partial charge in [-0.2, -0.15) is 0 Å². The molecular weight excluding hydrogens is 230 g/mol. The molecule has 18 heavy (non-hydrogen) atoms. The predicted molar refractivity (Wildman–Crippen MR) is 71.4 cm³/mol. The van der Waals surface area contributed by atoms with Crippen molar-refractivity contribution in [3.05, 3.63) is 29.8 Å². The molecule has 0 spiro atoms. The molecule has 0 radical (unpaired) electrons. The van der Waals surface area contributed by atoms with Crippen LogP contribution in [-0.4, -0.2) is 18.5 Å². The zero-order valence-electron chi connectivity index (χ0n) is 10.7. The maximum Gasteiger partial charge on any atom is 0.316 e. The number of primary amides is 1. The molecule has 0 bridgehead atoms. The molecular formula is C13H19N3O2. The van der Waals surface area contributed by atoms with Gasteiger partial charge in [0.15, 0.2) is 0 Å². The zero-order chi connectivity index (χ0) is 13.5. The first-order chi connectivity index (χ1) is 8.49. The van der Waals surface area contributed by atoms with Gasteiger partial charge >= 0.3 is 6.03 Å². The fourth-order valence-electron chi connectivity index (χ4n) is 1.46. The molecule has 3 amide bonds. The first-order valence-electron chi connectivity index (χ1n) is 5.93.